The summed E-state index contributed by atoms with van der Waals surface area (Å²) in [5.74, 6) is 0.649. The number of hydrogen-bond donors (Lipinski definition) is 0. The summed E-state index contributed by atoms with van der Waals surface area (Å²) < 4.78 is 0. The smallest absolute Gasteiger partial charge is 0.166 e. The van der Waals surface area contributed by atoms with Gasteiger partial charge >= 0.3 is 0 Å². The monoisotopic (exact) mass is 246 g/mol. The van der Waals surface area contributed by atoms with Crippen molar-refractivity contribution < 1.29 is 4.79 Å². The maximum atomic E-state index is 12.3. The Bertz CT molecular complexity index is 373. The van der Waals surface area contributed by atoms with Gasteiger partial charge in [0, 0.05) is 5.92 Å². The molecule has 0 spiro atoms. The summed E-state index contributed by atoms with van der Waals surface area (Å²) in [7, 11) is 0. The van der Waals surface area contributed by atoms with E-state index in [4.69, 9.17) is 0 Å². The van der Waals surface area contributed by atoms with E-state index in [1.165, 1.54) is 56.1 Å². The van der Waals surface area contributed by atoms with Crippen molar-refractivity contribution in [3.63, 3.8) is 0 Å². The molecule has 2 aliphatic carbocycles. The van der Waals surface area contributed by atoms with Crippen molar-refractivity contribution in [2.75, 3.05) is 0 Å². The Morgan fingerprint density at radius 2 is 2.00 bits per heavy atom. The Hall–Kier alpha value is -0.850. The van der Waals surface area contributed by atoms with Crippen LogP contribution in [0.2, 0.25) is 0 Å². The van der Waals surface area contributed by atoms with Gasteiger partial charge in [-0.25, -0.2) is 0 Å². The Labute approximate surface area is 111 Å². The molecule has 2 aliphatic rings. The highest BCUT2D eigenvalue weighted by Gasteiger charge is 2.34. The lowest BCUT2D eigenvalue weighted by atomic mass is 9.87. The average molecular weight is 246 g/mol. The number of allylic oxidation sites excluding steroid dienone is 4. The number of ketones is 1. The van der Waals surface area contributed by atoms with Crippen LogP contribution in [-0.4, -0.2) is 5.78 Å². The first-order valence-corrected chi connectivity index (χ1v) is 7.70. The molecule has 0 aromatic carbocycles. The van der Waals surface area contributed by atoms with Crippen molar-refractivity contribution in [2.45, 2.75) is 71.6 Å². The lowest BCUT2D eigenvalue weighted by molar-refractivity contribution is -0.117. The van der Waals surface area contributed by atoms with E-state index in [2.05, 4.69) is 13.0 Å². The van der Waals surface area contributed by atoms with Gasteiger partial charge in [-0.05, 0) is 49.3 Å². The van der Waals surface area contributed by atoms with Crippen molar-refractivity contribution in [3.8, 4) is 0 Å². The van der Waals surface area contributed by atoms with Crippen LogP contribution in [0.1, 0.15) is 71.6 Å². The van der Waals surface area contributed by atoms with Gasteiger partial charge in [0.15, 0.2) is 5.78 Å². The third-order valence-corrected chi connectivity index (χ3v) is 4.45. The number of hydrogen-bond acceptors (Lipinski definition) is 1. The molecule has 0 saturated heterocycles. The van der Waals surface area contributed by atoms with Crippen LogP contribution in [0.15, 0.2) is 22.8 Å². The molecule has 100 valence electrons. The largest absolute Gasteiger partial charge is 0.294 e. The molecule has 0 fully saturated rings. The quantitative estimate of drug-likeness (QED) is 0.604. The zero-order chi connectivity index (χ0) is 13.0. The molecule has 0 aliphatic heterocycles. The molecule has 0 bridgehead atoms. The van der Waals surface area contributed by atoms with Gasteiger partial charge in [-0.1, -0.05) is 45.1 Å². The van der Waals surface area contributed by atoms with E-state index in [1.807, 2.05) is 6.92 Å². The van der Waals surface area contributed by atoms with Crippen LogP contribution in [0.3, 0.4) is 0 Å². The van der Waals surface area contributed by atoms with Crippen LogP contribution in [0, 0.1) is 5.92 Å². The van der Waals surface area contributed by atoms with Crippen LogP contribution in [-0.2, 0) is 4.79 Å². The molecule has 1 atom stereocenters. The number of unbranched alkanes of at least 4 members (excludes halogenated alkanes) is 4. The number of carbonyl (C=O) groups is 1. The van der Waals surface area contributed by atoms with E-state index < -0.39 is 0 Å². The second-order valence-electron chi connectivity index (χ2n) is 5.77. The minimum Gasteiger partial charge on any atom is -0.294 e. The topological polar surface area (TPSA) is 17.1 Å². The predicted octanol–water partition coefficient (Wildman–Crippen LogP) is 4.97. The Morgan fingerprint density at radius 3 is 2.78 bits per heavy atom. The molecule has 0 radical (unpaired) electrons. The Balaban J connectivity index is 1.90. The van der Waals surface area contributed by atoms with Crippen LogP contribution in [0.5, 0.6) is 0 Å². The molecule has 0 aromatic rings. The fourth-order valence-corrected chi connectivity index (χ4v) is 3.35. The average Bonchev–Trinajstić information content (AvgIpc) is 2.64. The molecule has 0 N–H and O–H groups in total. The Morgan fingerprint density at radius 1 is 1.22 bits per heavy atom. The summed E-state index contributed by atoms with van der Waals surface area (Å²) in [5, 5.41) is 0. The lowest BCUT2D eigenvalue weighted by Gasteiger charge is -2.17. The normalized spacial score (nSPS) is 23.3. The summed E-state index contributed by atoms with van der Waals surface area (Å²) in [6, 6.07) is 0. The van der Waals surface area contributed by atoms with Crippen molar-refractivity contribution in [3.05, 3.63) is 22.8 Å². The van der Waals surface area contributed by atoms with Crippen molar-refractivity contribution in [1.29, 1.82) is 0 Å². The lowest BCUT2D eigenvalue weighted by Crippen LogP contribution is -2.11. The van der Waals surface area contributed by atoms with E-state index in [1.54, 1.807) is 0 Å². The molecular weight excluding hydrogens is 220 g/mol. The molecule has 1 unspecified atom stereocenters. The van der Waals surface area contributed by atoms with E-state index in [9.17, 15) is 4.79 Å². The zero-order valence-corrected chi connectivity index (χ0v) is 11.9. The summed E-state index contributed by atoms with van der Waals surface area (Å²) in [4.78, 5) is 12.3. The van der Waals surface area contributed by atoms with Crippen LogP contribution in [0.4, 0.5) is 0 Å². The highest BCUT2D eigenvalue weighted by atomic mass is 16.1. The first-order chi connectivity index (χ1) is 8.75. The fraction of sp³-hybridized carbons (Fsp3) is 0.706. The van der Waals surface area contributed by atoms with Gasteiger partial charge in [0.25, 0.3) is 0 Å². The molecule has 0 amide bonds. The molecule has 0 heterocycles. The Kier molecular flexibility index (Phi) is 4.79. The third kappa shape index (κ3) is 2.76. The molecule has 0 aromatic heterocycles. The summed E-state index contributed by atoms with van der Waals surface area (Å²) in [6.45, 7) is 4.28. The summed E-state index contributed by atoms with van der Waals surface area (Å²) in [5.41, 5.74) is 3.86. The highest BCUT2D eigenvalue weighted by Crippen LogP contribution is 2.41. The van der Waals surface area contributed by atoms with Gasteiger partial charge < -0.3 is 0 Å². The highest BCUT2D eigenvalue weighted by molar-refractivity contribution is 6.04. The van der Waals surface area contributed by atoms with Crippen LogP contribution >= 0.6 is 0 Å². The van der Waals surface area contributed by atoms with Crippen molar-refractivity contribution >= 4 is 5.78 Å². The zero-order valence-electron chi connectivity index (χ0n) is 11.9. The number of Topliss-reactive ketones (excluding diaryl/α,β-unsaturated/α-hetero) is 1. The maximum Gasteiger partial charge on any atom is 0.166 e. The second-order valence-corrected chi connectivity index (χ2v) is 5.77. The minimum absolute atomic E-state index is 0.224. The molecule has 1 heteroatoms. The van der Waals surface area contributed by atoms with Gasteiger partial charge in [-0.3, -0.25) is 4.79 Å². The van der Waals surface area contributed by atoms with Crippen LogP contribution < -0.4 is 0 Å². The molecule has 18 heavy (non-hydrogen) atoms. The predicted molar refractivity (Wildman–Crippen MR) is 76.5 cm³/mol. The summed E-state index contributed by atoms with van der Waals surface area (Å²) >= 11 is 0. The first kappa shape index (κ1) is 13.6. The molecule has 2 rings (SSSR count). The van der Waals surface area contributed by atoms with Crippen molar-refractivity contribution in [1.82, 2.24) is 0 Å². The molecular formula is C17H26O. The molecule has 1 nitrogen and oxygen atoms in total. The number of rotatable bonds is 6. The number of carbonyl (C=O) groups excluding carboxylic acids is 1. The van der Waals surface area contributed by atoms with Gasteiger partial charge in [0.2, 0.25) is 0 Å². The van der Waals surface area contributed by atoms with Crippen molar-refractivity contribution in [2.24, 2.45) is 5.92 Å². The second kappa shape index (κ2) is 6.36. The first-order valence-electron chi connectivity index (χ1n) is 7.70. The maximum absolute atomic E-state index is 12.3. The van der Waals surface area contributed by atoms with Gasteiger partial charge in [-0.15, -0.1) is 0 Å². The van der Waals surface area contributed by atoms with E-state index in [-0.39, 0.29) is 5.92 Å². The summed E-state index contributed by atoms with van der Waals surface area (Å²) in [6.07, 6.45) is 13.4. The molecule has 0 saturated carbocycles. The standard InChI is InChI=1S/C17H26O/c1-3-4-5-6-7-12-16-15-11-9-8-10-14(15)13(2)17(16)18/h11,16H,3-10,12H2,1-2H3. The van der Waals surface area contributed by atoms with E-state index >= 15 is 0 Å². The third-order valence-electron chi connectivity index (χ3n) is 4.45. The van der Waals surface area contributed by atoms with Gasteiger partial charge in [0.05, 0.1) is 0 Å². The van der Waals surface area contributed by atoms with E-state index in [0.29, 0.717) is 5.78 Å². The fourth-order valence-electron chi connectivity index (χ4n) is 3.35. The minimum atomic E-state index is 0.224. The van der Waals surface area contributed by atoms with E-state index in [0.717, 1.165) is 18.4 Å². The van der Waals surface area contributed by atoms with Gasteiger partial charge in [-0.2, -0.15) is 0 Å². The van der Waals surface area contributed by atoms with Crippen LogP contribution in [0.25, 0.3) is 0 Å². The van der Waals surface area contributed by atoms with Gasteiger partial charge in [0.1, 0.15) is 0 Å². The number of fused-ring (bicyclic) bond motifs is 1. The SMILES string of the molecule is CCCCCCCC1C(=O)C(C)=C2CCCC=C21.